The number of rotatable bonds is 6. The maximum atomic E-state index is 6.38. The summed E-state index contributed by atoms with van der Waals surface area (Å²) in [5.41, 5.74) is 5.84. The molecule has 226 valence electrons. The van der Waals surface area contributed by atoms with Crippen LogP contribution in [-0.2, 0) is 0 Å². The van der Waals surface area contributed by atoms with Gasteiger partial charge in [0, 0.05) is 21.3 Å². The maximum Gasteiger partial charge on any atom is 0.203 e. The molecule has 0 radical (unpaired) electrons. The van der Waals surface area contributed by atoms with Crippen LogP contribution in [0.15, 0.2) is 94.9 Å². The molecule has 1 N–H and O–H groups in total. The van der Waals surface area contributed by atoms with Gasteiger partial charge in [-0.3, -0.25) is 0 Å². The first kappa shape index (κ1) is 28.8. The summed E-state index contributed by atoms with van der Waals surface area (Å²) in [6, 6.07) is 26.7. The van der Waals surface area contributed by atoms with Gasteiger partial charge in [0.2, 0.25) is 5.75 Å². The molecular formula is C34H28Cl2N6O3. The van der Waals surface area contributed by atoms with E-state index >= 15 is 0 Å². The van der Waals surface area contributed by atoms with Crippen LogP contribution in [0.4, 0.5) is 22.9 Å². The van der Waals surface area contributed by atoms with Gasteiger partial charge in [0.05, 0.1) is 50.1 Å². The Morgan fingerprint density at radius 2 is 1.44 bits per heavy atom. The standard InChI is InChI=1S/C34H28Cl2N6O3/c1-19-29-30(20-14-27(43-2)31(45-4)28(15-20)44-3)41-26-13-9-8-12-25(26)38-32(37-23-17-21(35)16-22(36)18-23)34(41)39-33(29)42(40-19)24-10-6-5-7-11-24/h5-18,30H,1-4H3,(H,37,38)/t30-/m1/s1. The van der Waals surface area contributed by atoms with Gasteiger partial charge in [-0.15, -0.1) is 0 Å². The highest BCUT2D eigenvalue weighted by atomic mass is 35.5. The molecule has 0 unspecified atom stereocenters. The molecule has 0 saturated heterocycles. The van der Waals surface area contributed by atoms with Crippen LogP contribution in [0.1, 0.15) is 22.9 Å². The Bertz CT molecular complexity index is 1960. The lowest BCUT2D eigenvalue weighted by molar-refractivity contribution is 0.323. The third-order valence-electron chi connectivity index (χ3n) is 7.77. The molecule has 11 heteroatoms. The van der Waals surface area contributed by atoms with Gasteiger partial charge in [0.25, 0.3) is 0 Å². The highest BCUT2D eigenvalue weighted by Crippen LogP contribution is 2.50. The van der Waals surface area contributed by atoms with E-state index in [0.29, 0.717) is 50.5 Å². The van der Waals surface area contributed by atoms with E-state index in [4.69, 9.17) is 52.5 Å². The molecule has 45 heavy (non-hydrogen) atoms. The number of aromatic nitrogens is 2. The fourth-order valence-electron chi connectivity index (χ4n) is 5.88. The number of hydrogen-bond donors (Lipinski definition) is 1. The van der Waals surface area contributed by atoms with E-state index in [2.05, 4.69) is 10.2 Å². The van der Waals surface area contributed by atoms with Crippen molar-refractivity contribution in [3.05, 3.63) is 112 Å². The number of aliphatic imine (C=N–C) groups is 2. The second-order valence-corrected chi connectivity index (χ2v) is 11.3. The Labute approximate surface area is 270 Å². The first-order valence-corrected chi connectivity index (χ1v) is 14.9. The van der Waals surface area contributed by atoms with Gasteiger partial charge in [0.15, 0.2) is 29.0 Å². The fourth-order valence-corrected chi connectivity index (χ4v) is 6.41. The molecule has 4 aromatic carbocycles. The number of nitrogens with zero attached hydrogens (tertiary/aromatic N) is 5. The normalized spacial score (nSPS) is 14.9. The van der Waals surface area contributed by atoms with Crippen LogP contribution >= 0.6 is 23.2 Å². The van der Waals surface area contributed by atoms with Crippen LogP contribution in [0.5, 0.6) is 17.2 Å². The average molecular weight is 640 g/mol. The monoisotopic (exact) mass is 638 g/mol. The quantitative estimate of drug-likeness (QED) is 0.201. The van der Waals surface area contributed by atoms with Crippen molar-refractivity contribution >= 4 is 57.8 Å². The molecule has 0 fully saturated rings. The predicted molar refractivity (Wildman–Crippen MR) is 179 cm³/mol. The van der Waals surface area contributed by atoms with Crippen molar-refractivity contribution in [2.45, 2.75) is 13.0 Å². The van der Waals surface area contributed by atoms with E-state index in [1.807, 2.05) is 78.3 Å². The number of halogens is 2. The third-order valence-corrected chi connectivity index (χ3v) is 8.20. The van der Waals surface area contributed by atoms with Crippen molar-refractivity contribution in [3.8, 4) is 22.9 Å². The Hall–Kier alpha value is -4.99. The molecule has 0 bridgehead atoms. The molecule has 3 heterocycles. The summed E-state index contributed by atoms with van der Waals surface area (Å²) in [5.74, 6) is 3.38. The lowest BCUT2D eigenvalue weighted by atomic mass is 9.92. The number of ether oxygens (including phenoxy) is 3. The zero-order valence-corrected chi connectivity index (χ0v) is 26.4. The lowest BCUT2D eigenvalue weighted by Crippen LogP contribution is -2.46. The Balaban J connectivity index is 1.52. The van der Waals surface area contributed by atoms with Gasteiger partial charge in [-0.2, -0.15) is 5.10 Å². The molecule has 2 aliphatic rings. The van der Waals surface area contributed by atoms with Crippen LogP contribution in [0, 0.1) is 6.92 Å². The molecule has 1 atom stereocenters. The van der Waals surface area contributed by atoms with Crippen LogP contribution in [0.25, 0.3) is 5.69 Å². The van der Waals surface area contributed by atoms with Gasteiger partial charge < -0.3 is 24.4 Å². The van der Waals surface area contributed by atoms with E-state index in [-0.39, 0.29) is 0 Å². The molecule has 1 aromatic heterocycles. The number of nitrogens with one attached hydrogen (secondary N) is 1. The van der Waals surface area contributed by atoms with Crippen LogP contribution in [0.3, 0.4) is 0 Å². The number of anilines is 2. The van der Waals surface area contributed by atoms with Gasteiger partial charge in [0.1, 0.15) is 0 Å². The molecule has 9 nitrogen and oxygen atoms in total. The van der Waals surface area contributed by atoms with Crippen molar-refractivity contribution in [1.82, 2.24) is 9.78 Å². The van der Waals surface area contributed by atoms with Crippen molar-refractivity contribution in [2.75, 3.05) is 31.5 Å². The van der Waals surface area contributed by atoms with E-state index < -0.39 is 6.04 Å². The smallest absolute Gasteiger partial charge is 0.203 e. The summed E-state index contributed by atoms with van der Waals surface area (Å²) < 4.78 is 19.1. The van der Waals surface area contributed by atoms with Gasteiger partial charge in [-0.25, -0.2) is 14.7 Å². The topological polar surface area (TPSA) is 85.5 Å². The fraction of sp³-hybridized carbons (Fsp3) is 0.147. The summed E-state index contributed by atoms with van der Waals surface area (Å²) in [6.45, 7) is 2.00. The van der Waals surface area contributed by atoms with E-state index in [0.717, 1.165) is 33.9 Å². The Kier molecular flexibility index (Phi) is 7.35. The highest BCUT2D eigenvalue weighted by Gasteiger charge is 2.42. The first-order chi connectivity index (χ1) is 21.9. The zero-order valence-electron chi connectivity index (χ0n) is 24.9. The molecule has 2 aliphatic heterocycles. The van der Waals surface area contributed by atoms with Gasteiger partial charge >= 0.3 is 0 Å². The molecule has 0 aliphatic carbocycles. The van der Waals surface area contributed by atoms with Crippen molar-refractivity contribution in [2.24, 2.45) is 9.98 Å². The second-order valence-electron chi connectivity index (χ2n) is 10.5. The number of amidine groups is 2. The Morgan fingerprint density at radius 3 is 2.11 bits per heavy atom. The molecule has 7 rings (SSSR count). The summed E-state index contributed by atoms with van der Waals surface area (Å²) in [5, 5.41) is 9.45. The number of aryl methyl sites for hydroxylation is 1. The number of fused-ring (bicyclic) bond motifs is 4. The maximum absolute atomic E-state index is 6.38. The highest BCUT2D eigenvalue weighted by molar-refractivity contribution is 6.52. The predicted octanol–water partition coefficient (Wildman–Crippen LogP) is 8.31. The molecule has 0 amide bonds. The van der Waals surface area contributed by atoms with Crippen LogP contribution in [-0.4, -0.2) is 42.8 Å². The number of para-hydroxylation sites is 3. The summed E-state index contributed by atoms with van der Waals surface area (Å²) in [6.07, 6.45) is 0. The van der Waals surface area contributed by atoms with E-state index in [9.17, 15) is 0 Å². The van der Waals surface area contributed by atoms with Crippen molar-refractivity contribution < 1.29 is 14.2 Å². The molecule has 0 saturated carbocycles. The van der Waals surface area contributed by atoms with Crippen molar-refractivity contribution in [3.63, 3.8) is 0 Å². The first-order valence-electron chi connectivity index (χ1n) is 14.1. The number of hydrogen-bond acceptors (Lipinski definition) is 8. The minimum absolute atomic E-state index is 0.407. The summed E-state index contributed by atoms with van der Waals surface area (Å²) >= 11 is 12.8. The Morgan fingerprint density at radius 1 is 0.778 bits per heavy atom. The van der Waals surface area contributed by atoms with Crippen molar-refractivity contribution in [1.29, 1.82) is 0 Å². The minimum atomic E-state index is -0.407. The minimum Gasteiger partial charge on any atom is -0.493 e. The van der Waals surface area contributed by atoms with Crippen LogP contribution < -0.4 is 24.4 Å². The zero-order chi connectivity index (χ0) is 31.2. The average Bonchev–Trinajstić information content (AvgIpc) is 3.38. The largest absolute Gasteiger partial charge is 0.493 e. The number of methoxy groups -OCH3 is 3. The summed E-state index contributed by atoms with van der Waals surface area (Å²) in [4.78, 5) is 12.5. The molecule has 0 spiro atoms. The van der Waals surface area contributed by atoms with E-state index in [1.165, 1.54) is 0 Å². The number of benzene rings is 4. The van der Waals surface area contributed by atoms with Crippen LogP contribution in [0.2, 0.25) is 10.0 Å². The van der Waals surface area contributed by atoms with E-state index in [1.54, 1.807) is 39.5 Å². The van der Waals surface area contributed by atoms with Gasteiger partial charge in [-0.05, 0) is 67.1 Å². The SMILES string of the molecule is COc1cc([C@@H]2c3c(C)nn(-c4ccccc4)c3N=C3C(Nc4cc(Cl)cc(Cl)c4)=Nc4ccccc4N32)cc(OC)c1OC. The lowest BCUT2D eigenvalue weighted by Gasteiger charge is -2.40. The second kappa shape index (κ2) is 11.5. The molecular weight excluding hydrogens is 611 g/mol. The summed E-state index contributed by atoms with van der Waals surface area (Å²) in [7, 11) is 4.81. The molecule has 5 aromatic rings. The third kappa shape index (κ3) is 4.94. The van der Waals surface area contributed by atoms with Gasteiger partial charge in [-0.1, -0.05) is 53.5 Å².